The monoisotopic (exact) mass is 311 g/mol. The van der Waals surface area contributed by atoms with Crippen LogP contribution in [0.3, 0.4) is 0 Å². The van der Waals surface area contributed by atoms with Gasteiger partial charge in [-0.3, -0.25) is 4.79 Å². The van der Waals surface area contributed by atoms with Crippen LogP contribution in [0.1, 0.15) is 43.1 Å². The number of nitrogens with zero attached hydrogens (tertiary/aromatic N) is 3. The Bertz CT molecular complexity index is 748. The molecule has 0 spiro atoms. The van der Waals surface area contributed by atoms with Gasteiger partial charge in [0, 0.05) is 37.3 Å². The Hall–Kier alpha value is -1.84. The van der Waals surface area contributed by atoms with E-state index >= 15 is 0 Å². The predicted molar refractivity (Wildman–Crippen MR) is 90.4 cm³/mol. The standard InChI is InChI=1S/C19H25N3O/c1-13-4-3-9-21(11-13)19(23)15-6-7-16-17(10-15)22-12-14(2)5-8-18(22)20-16/h5,8,12-13,15H,3-4,6-7,9-11H2,1-2H3. The van der Waals surface area contributed by atoms with E-state index in [0.717, 1.165) is 44.4 Å². The average molecular weight is 311 g/mol. The van der Waals surface area contributed by atoms with Crippen LogP contribution in [0.25, 0.3) is 5.65 Å². The maximum Gasteiger partial charge on any atom is 0.226 e. The lowest BCUT2D eigenvalue weighted by Crippen LogP contribution is -2.43. The van der Waals surface area contributed by atoms with Gasteiger partial charge in [0.25, 0.3) is 0 Å². The van der Waals surface area contributed by atoms with E-state index in [1.165, 1.54) is 23.4 Å². The van der Waals surface area contributed by atoms with E-state index in [-0.39, 0.29) is 5.92 Å². The first kappa shape index (κ1) is 14.7. The summed E-state index contributed by atoms with van der Waals surface area (Å²) in [6.07, 6.45) is 7.26. The van der Waals surface area contributed by atoms with Crippen molar-refractivity contribution in [2.24, 2.45) is 11.8 Å². The summed E-state index contributed by atoms with van der Waals surface area (Å²) in [6, 6.07) is 4.18. The van der Waals surface area contributed by atoms with Crippen LogP contribution in [-0.4, -0.2) is 33.3 Å². The quantitative estimate of drug-likeness (QED) is 0.812. The third-order valence-electron chi connectivity index (χ3n) is 5.44. The summed E-state index contributed by atoms with van der Waals surface area (Å²) < 4.78 is 2.20. The van der Waals surface area contributed by atoms with Gasteiger partial charge < -0.3 is 9.30 Å². The number of rotatable bonds is 1. The summed E-state index contributed by atoms with van der Waals surface area (Å²) in [5.41, 5.74) is 4.68. The van der Waals surface area contributed by atoms with Crippen LogP contribution >= 0.6 is 0 Å². The SMILES string of the molecule is Cc1ccc2nc3c(n2c1)CC(C(=O)N1CCCC(C)C1)CC3. The van der Waals surface area contributed by atoms with E-state index < -0.39 is 0 Å². The van der Waals surface area contributed by atoms with E-state index in [2.05, 4.69) is 41.5 Å². The van der Waals surface area contributed by atoms with Gasteiger partial charge in [-0.25, -0.2) is 4.98 Å². The number of fused-ring (bicyclic) bond motifs is 3. The molecule has 1 aliphatic heterocycles. The Kier molecular flexibility index (Phi) is 3.63. The third-order valence-corrected chi connectivity index (χ3v) is 5.44. The molecule has 122 valence electrons. The Morgan fingerprint density at radius 1 is 1.30 bits per heavy atom. The number of imidazole rings is 1. The lowest BCUT2D eigenvalue weighted by molar-refractivity contribution is -0.137. The van der Waals surface area contributed by atoms with Gasteiger partial charge in [0.05, 0.1) is 5.69 Å². The highest BCUT2D eigenvalue weighted by Gasteiger charge is 2.32. The molecule has 0 N–H and O–H groups in total. The average Bonchev–Trinajstić information content (AvgIpc) is 2.91. The fourth-order valence-electron chi connectivity index (χ4n) is 4.17. The van der Waals surface area contributed by atoms with Crippen LogP contribution in [0.4, 0.5) is 0 Å². The number of aryl methyl sites for hydroxylation is 2. The van der Waals surface area contributed by atoms with Crippen molar-refractivity contribution in [2.45, 2.75) is 46.0 Å². The van der Waals surface area contributed by atoms with Crippen molar-refractivity contribution in [1.82, 2.24) is 14.3 Å². The lowest BCUT2D eigenvalue weighted by atomic mass is 9.87. The molecule has 4 heteroatoms. The first-order valence-electron chi connectivity index (χ1n) is 8.87. The molecule has 0 saturated carbocycles. The molecule has 2 unspecified atom stereocenters. The van der Waals surface area contributed by atoms with Gasteiger partial charge in [0.15, 0.2) is 0 Å². The molecule has 3 heterocycles. The molecule has 2 aliphatic rings. The zero-order valence-corrected chi connectivity index (χ0v) is 14.1. The molecule has 2 aromatic heterocycles. The second-order valence-electron chi connectivity index (χ2n) is 7.41. The highest BCUT2D eigenvalue weighted by molar-refractivity contribution is 5.79. The second kappa shape index (κ2) is 5.66. The Labute approximate surface area is 137 Å². The molecule has 1 fully saturated rings. The molecule has 4 nitrogen and oxygen atoms in total. The van der Waals surface area contributed by atoms with Crippen molar-refractivity contribution < 1.29 is 4.79 Å². The van der Waals surface area contributed by atoms with Crippen molar-refractivity contribution >= 4 is 11.6 Å². The fourth-order valence-corrected chi connectivity index (χ4v) is 4.17. The molecule has 1 aliphatic carbocycles. The second-order valence-corrected chi connectivity index (χ2v) is 7.41. The third kappa shape index (κ3) is 2.64. The summed E-state index contributed by atoms with van der Waals surface area (Å²) in [7, 11) is 0. The number of hydrogen-bond acceptors (Lipinski definition) is 2. The summed E-state index contributed by atoms with van der Waals surface area (Å²) in [5.74, 6) is 1.14. The van der Waals surface area contributed by atoms with Crippen LogP contribution < -0.4 is 0 Å². The lowest BCUT2D eigenvalue weighted by Gasteiger charge is -2.34. The van der Waals surface area contributed by atoms with Crippen LogP contribution in [-0.2, 0) is 17.6 Å². The fraction of sp³-hybridized carbons (Fsp3) is 0.579. The minimum absolute atomic E-state index is 0.133. The normalized spacial score (nSPS) is 24.7. The first-order chi connectivity index (χ1) is 11.1. The minimum atomic E-state index is 0.133. The summed E-state index contributed by atoms with van der Waals surface area (Å²) >= 11 is 0. The Balaban J connectivity index is 1.59. The van der Waals surface area contributed by atoms with E-state index in [1.54, 1.807) is 0 Å². The molecule has 0 aromatic carbocycles. The molecule has 1 amide bonds. The largest absolute Gasteiger partial charge is 0.342 e. The molecule has 1 saturated heterocycles. The minimum Gasteiger partial charge on any atom is -0.342 e. The Morgan fingerprint density at radius 2 is 2.17 bits per heavy atom. The number of carbonyl (C=O) groups is 1. The van der Waals surface area contributed by atoms with Crippen molar-refractivity contribution in [3.05, 3.63) is 35.3 Å². The maximum atomic E-state index is 12.9. The highest BCUT2D eigenvalue weighted by atomic mass is 16.2. The molecule has 0 bridgehead atoms. The summed E-state index contributed by atoms with van der Waals surface area (Å²) in [4.78, 5) is 19.8. The van der Waals surface area contributed by atoms with Gasteiger partial charge in [-0.15, -0.1) is 0 Å². The molecular weight excluding hydrogens is 286 g/mol. The van der Waals surface area contributed by atoms with Crippen LogP contribution in [0.5, 0.6) is 0 Å². The van der Waals surface area contributed by atoms with Gasteiger partial charge in [-0.2, -0.15) is 0 Å². The highest BCUT2D eigenvalue weighted by Crippen LogP contribution is 2.29. The number of hydrogen-bond donors (Lipinski definition) is 0. The van der Waals surface area contributed by atoms with Crippen LogP contribution in [0.2, 0.25) is 0 Å². The Morgan fingerprint density at radius 3 is 3.00 bits per heavy atom. The van der Waals surface area contributed by atoms with Gasteiger partial charge in [0.2, 0.25) is 5.91 Å². The summed E-state index contributed by atoms with van der Waals surface area (Å²) in [6.45, 7) is 6.24. The van der Waals surface area contributed by atoms with Gasteiger partial charge >= 0.3 is 0 Å². The molecular formula is C19H25N3O. The van der Waals surface area contributed by atoms with Crippen molar-refractivity contribution in [3.8, 4) is 0 Å². The number of carbonyl (C=O) groups excluding carboxylic acids is 1. The number of likely N-dealkylation sites (tertiary alicyclic amines) is 1. The number of aromatic nitrogens is 2. The molecule has 2 aromatic rings. The number of piperidine rings is 1. The molecule has 4 rings (SSSR count). The van der Waals surface area contributed by atoms with E-state index in [4.69, 9.17) is 4.98 Å². The maximum absolute atomic E-state index is 12.9. The van der Waals surface area contributed by atoms with Crippen molar-refractivity contribution in [1.29, 1.82) is 0 Å². The zero-order valence-electron chi connectivity index (χ0n) is 14.1. The zero-order chi connectivity index (χ0) is 16.0. The van der Waals surface area contributed by atoms with Gasteiger partial charge in [-0.1, -0.05) is 13.0 Å². The van der Waals surface area contributed by atoms with E-state index in [9.17, 15) is 4.79 Å². The van der Waals surface area contributed by atoms with Crippen molar-refractivity contribution in [3.63, 3.8) is 0 Å². The van der Waals surface area contributed by atoms with Crippen molar-refractivity contribution in [2.75, 3.05) is 13.1 Å². The molecule has 2 atom stereocenters. The van der Waals surface area contributed by atoms with Gasteiger partial charge in [0.1, 0.15) is 5.65 Å². The molecule has 23 heavy (non-hydrogen) atoms. The number of amides is 1. The van der Waals surface area contributed by atoms with Crippen LogP contribution in [0, 0.1) is 18.8 Å². The first-order valence-corrected chi connectivity index (χ1v) is 8.87. The topological polar surface area (TPSA) is 37.6 Å². The van der Waals surface area contributed by atoms with E-state index in [0.29, 0.717) is 11.8 Å². The summed E-state index contributed by atoms with van der Waals surface area (Å²) in [5, 5.41) is 0. The smallest absolute Gasteiger partial charge is 0.226 e. The van der Waals surface area contributed by atoms with E-state index in [1.807, 2.05) is 0 Å². The molecule has 0 radical (unpaired) electrons. The van der Waals surface area contributed by atoms with Crippen LogP contribution in [0.15, 0.2) is 18.3 Å². The predicted octanol–water partition coefficient (Wildman–Crippen LogP) is 3.01. The van der Waals surface area contributed by atoms with Gasteiger partial charge in [-0.05, 0) is 50.2 Å². The number of pyridine rings is 1.